The normalized spacial score (nSPS) is 11.8. The predicted molar refractivity (Wildman–Crippen MR) is 80.0 cm³/mol. The SMILES string of the molecule is Cn1nc(CS)cc1-c1ccc(C(C)(C)C)cc1. The maximum atomic E-state index is 4.42. The van der Waals surface area contributed by atoms with Crippen molar-refractivity contribution in [2.24, 2.45) is 7.05 Å². The van der Waals surface area contributed by atoms with Gasteiger partial charge in [0, 0.05) is 12.8 Å². The molecule has 0 fully saturated rings. The summed E-state index contributed by atoms with van der Waals surface area (Å²) in [6.07, 6.45) is 0. The Kier molecular flexibility index (Phi) is 3.53. The molecule has 2 rings (SSSR count). The van der Waals surface area contributed by atoms with E-state index in [0.717, 1.165) is 11.4 Å². The largest absolute Gasteiger partial charge is 0.268 e. The zero-order chi connectivity index (χ0) is 13.3. The number of hydrogen-bond acceptors (Lipinski definition) is 2. The summed E-state index contributed by atoms with van der Waals surface area (Å²) >= 11 is 4.26. The van der Waals surface area contributed by atoms with Gasteiger partial charge in [-0.1, -0.05) is 45.0 Å². The average Bonchev–Trinajstić information content (AvgIpc) is 2.70. The van der Waals surface area contributed by atoms with Gasteiger partial charge in [-0.25, -0.2) is 0 Å². The van der Waals surface area contributed by atoms with Gasteiger partial charge in [-0.05, 0) is 22.6 Å². The maximum Gasteiger partial charge on any atom is 0.0727 e. The molecule has 2 nitrogen and oxygen atoms in total. The first-order valence-electron chi connectivity index (χ1n) is 6.16. The molecule has 0 aliphatic rings. The van der Waals surface area contributed by atoms with E-state index in [-0.39, 0.29) is 5.41 Å². The van der Waals surface area contributed by atoms with Crippen molar-refractivity contribution < 1.29 is 0 Å². The highest BCUT2D eigenvalue weighted by atomic mass is 32.1. The Labute approximate surface area is 114 Å². The molecule has 18 heavy (non-hydrogen) atoms. The summed E-state index contributed by atoms with van der Waals surface area (Å²) in [5.41, 5.74) is 4.89. The van der Waals surface area contributed by atoms with Gasteiger partial charge in [0.15, 0.2) is 0 Å². The Morgan fingerprint density at radius 3 is 2.22 bits per heavy atom. The molecule has 1 heterocycles. The van der Waals surface area contributed by atoms with Gasteiger partial charge in [0.05, 0.1) is 11.4 Å². The minimum absolute atomic E-state index is 0.196. The van der Waals surface area contributed by atoms with Crippen molar-refractivity contribution in [3.05, 3.63) is 41.6 Å². The van der Waals surface area contributed by atoms with Crippen molar-refractivity contribution in [1.82, 2.24) is 9.78 Å². The van der Waals surface area contributed by atoms with E-state index in [2.05, 4.69) is 68.8 Å². The summed E-state index contributed by atoms with van der Waals surface area (Å²) < 4.78 is 1.91. The third-order valence-corrected chi connectivity index (χ3v) is 3.46. The van der Waals surface area contributed by atoms with Crippen LogP contribution in [0.2, 0.25) is 0 Å². The van der Waals surface area contributed by atoms with Crippen LogP contribution in [0.4, 0.5) is 0 Å². The molecule has 0 aliphatic carbocycles. The molecule has 1 aromatic carbocycles. The molecule has 96 valence electrons. The van der Waals surface area contributed by atoms with E-state index in [4.69, 9.17) is 0 Å². The molecule has 0 amide bonds. The second-order valence-electron chi connectivity index (χ2n) is 5.63. The third-order valence-electron chi connectivity index (χ3n) is 3.14. The van der Waals surface area contributed by atoms with E-state index >= 15 is 0 Å². The summed E-state index contributed by atoms with van der Waals surface area (Å²) in [5, 5.41) is 4.42. The van der Waals surface area contributed by atoms with Crippen LogP contribution in [0.15, 0.2) is 30.3 Å². The zero-order valence-electron chi connectivity index (χ0n) is 11.4. The van der Waals surface area contributed by atoms with E-state index in [0.29, 0.717) is 5.75 Å². The highest BCUT2D eigenvalue weighted by Gasteiger charge is 2.14. The standard InChI is InChI=1S/C15H20N2S/c1-15(2,3)12-7-5-11(6-8-12)14-9-13(10-18)16-17(14)4/h5-9,18H,10H2,1-4H3. The second-order valence-corrected chi connectivity index (χ2v) is 5.95. The Morgan fingerprint density at radius 1 is 1.17 bits per heavy atom. The topological polar surface area (TPSA) is 17.8 Å². The number of rotatable bonds is 2. The fourth-order valence-corrected chi connectivity index (χ4v) is 2.17. The minimum atomic E-state index is 0.196. The summed E-state index contributed by atoms with van der Waals surface area (Å²) in [7, 11) is 1.97. The van der Waals surface area contributed by atoms with E-state index in [1.165, 1.54) is 11.1 Å². The lowest BCUT2D eigenvalue weighted by atomic mass is 9.86. The van der Waals surface area contributed by atoms with Crippen LogP contribution in [0.1, 0.15) is 32.0 Å². The van der Waals surface area contributed by atoms with Crippen LogP contribution in [0.5, 0.6) is 0 Å². The number of benzene rings is 1. The van der Waals surface area contributed by atoms with Crippen LogP contribution in [0.25, 0.3) is 11.3 Å². The summed E-state index contributed by atoms with van der Waals surface area (Å²) in [5.74, 6) is 0.675. The Balaban J connectivity index is 2.37. The monoisotopic (exact) mass is 260 g/mol. The lowest BCUT2D eigenvalue weighted by molar-refractivity contribution is 0.590. The number of aryl methyl sites for hydroxylation is 1. The molecular formula is C15H20N2S. The van der Waals surface area contributed by atoms with E-state index in [1.807, 2.05) is 11.7 Å². The molecule has 0 saturated carbocycles. The third kappa shape index (κ3) is 2.61. The van der Waals surface area contributed by atoms with Crippen LogP contribution < -0.4 is 0 Å². The number of hydrogen-bond donors (Lipinski definition) is 1. The van der Waals surface area contributed by atoms with Gasteiger partial charge < -0.3 is 0 Å². The second kappa shape index (κ2) is 4.81. The van der Waals surface area contributed by atoms with Gasteiger partial charge in [0.25, 0.3) is 0 Å². The van der Waals surface area contributed by atoms with Gasteiger partial charge in [-0.15, -0.1) is 0 Å². The number of thiol groups is 1. The van der Waals surface area contributed by atoms with E-state index in [1.54, 1.807) is 0 Å². The Bertz CT molecular complexity index is 533. The molecule has 0 saturated heterocycles. The smallest absolute Gasteiger partial charge is 0.0727 e. The molecule has 0 unspecified atom stereocenters. The first-order valence-corrected chi connectivity index (χ1v) is 6.80. The van der Waals surface area contributed by atoms with Crippen molar-refractivity contribution in [2.45, 2.75) is 31.9 Å². The fourth-order valence-electron chi connectivity index (χ4n) is 2.02. The van der Waals surface area contributed by atoms with Gasteiger partial charge in [-0.3, -0.25) is 4.68 Å². The van der Waals surface area contributed by atoms with E-state index in [9.17, 15) is 0 Å². The molecule has 2 aromatic rings. The van der Waals surface area contributed by atoms with Crippen molar-refractivity contribution in [3.8, 4) is 11.3 Å². The lowest BCUT2D eigenvalue weighted by Crippen LogP contribution is -2.10. The fraction of sp³-hybridized carbons (Fsp3) is 0.400. The first kappa shape index (κ1) is 13.2. The molecule has 0 aliphatic heterocycles. The van der Waals surface area contributed by atoms with Crippen LogP contribution in [-0.4, -0.2) is 9.78 Å². The summed E-state index contributed by atoms with van der Waals surface area (Å²) in [6, 6.07) is 10.8. The lowest BCUT2D eigenvalue weighted by Gasteiger charge is -2.19. The number of aromatic nitrogens is 2. The molecule has 0 N–H and O–H groups in total. The molecule has 0 spiro atoms. The zero-order valence-corrected chi connectivity index (χ0v) is 12.3. The van der Waals surface area contributed by atoms with E-state index < -0.39 is 0 Å². The first-order chi connectivity index (χ1) is 8.41. The Hall–Kier alpha value is -1.22. The van der Waals surface area contributed by atoms with Crippen molar-refractivity contribution in [1.29, 1.82) is 0 Å². The molecule has 0 radical (unpaired) electrons. The summed E-state index contributed by atoms with van der Waals surface area (Å²) in [4.78, 5) is 0. The van der Waals surface area contributed by atoms with Crippen LogP contribution >= 0.6 is 12.6 Å². The Morgan fingerprint density at radius 2 is 1.78 bits per heavy atom. The molecule has 0 bridgehead atoms. The van der Waals surface area contributed by atoms with Gasteiger partial charge in [0.1, 0.15) is 0 Å². The minimum Gasteiger partial charge on any atom is -0.268 e. The average molecular weight is 260 g/mol. The highest BCUT2D eigenvalue weighted by Crippen LogP contribution is 2.26. The van der Waals surface area contributed by atoms with Crippen LogP contribution in [0, 0.1) is 0 Å². The van der Waals surface area contributed by atoms with Crippen molar-refractivity contribution in [3.63, 3.8) is 0 Å². The van der Waals surface area contributed by atoms with Crippen molar-refractivity contribution in [2.75, 3.05) is 0 Å². The molecule has 1 aromatic heterocycles. The summed E-state index contributed by atoms with van der Waals surface area (Å²) in [6.45, 7) is 6.68. The van der Waals surface area contributed by atoms with Gasteiger partial charge >= 0.3 is 0 Å². The van der Waals surface area contributed by atoms with Gasteiger partial charge in [-0.2, -0.15) is 17.7 Å². The molecule has 0 atom stereocenters. The molecular weight excluding hydrogens is 240 g/mol. The van der Waals surface area contributed by atoms with Crippen LogP contribution in [0.3, 0.4) is 0 Å². The molecule has 3 heteroatoms. The maximum absolute atomic E-state index is 4.42. The predicted octanol–water partition coefficient (Wildman–Crippen LogP) is 3.81. The van der Waals surface area contributed by atoms with Gasteiger partial charge in [0.2, 0.25) is 0 Å². The number of nitrogens with zero attached hydrogens (tertiary/aromatic N) is 2. The van der Waals surface area contributed by atoms with Crippen LogP contribution in [-0.2, 0) is 18.2 Å². The highest BCUT2D eigenvalue weighted by molar-refractivity contribution is 7.79. The van der Waals surface area contributed by atoms with Crippen molar-refractivity contribution >= 4 is 12.6 Å². The quantitative estimate of drug-likeness (QED) is 0.813.